The number of nitrogens with zero attached hydrogens (tertiary/aromatic N) is 5. The molecular formula is C12H14N6O3. The summed E-state index contributed by atoms with van der Waals surface area (Å²) in [5.41, 5.74) is -0.373. The first-order chi connectivity index (χ1) is 9.97. The van der Waals surface area contributed by atoms with Gasteiger partial charge in [-0.1, -0.05) is 19.0 Å². The van der Waals surface area contributed by atoms with Crippen molar-refractivity contribution in [3.05, 3.63) is 38.9 Å². The average molecular weight is 290 g/mol. The summed E-state index contributed by atoms with van der Waals surface area (Å²) in [5.74, 6) is 1.12. The molecule has 0 spiro atoms. The number of H-pyrrole nitrogens is 1. The van der Waals surface area contributed by atoms with E-state index in [1.165, 1.54) is 10.9 Å². The van der Waals surface area contributed by atoms with Gasteiger partial charge in [0.05, 0.1) is 12.9 Å². The zero-order chi connectivity index (χ0) is 15.1. The molecule has 3 heterocycles. The van der Waals surface area contributed by atoms with Crippen LogP contribution in [0.25, 0.3) is 11.2 Å². The van der Waals surface area contributed by atoms with Crippen molar-refractivity contribution in [2.75, 3.05) is 0 Å². The van der Waals surface area contributed by atoms with Crippen molar-refractivity contribution >= 4 is 11.2 Å². The number of imidazole rings is 1. The molecule has 0 aliphatic heterocycles. The van der Waals surface area contributed by atoms with E-state index in [0.717, 1.165) is 0 Å². The molecule has 0 aromatic carbocycles. The molecule has 110 valence electrons. The summed E-state index contributed by atoms with van der Waals surface area (Å²) < 4.78 is 7.99. The van der Waals surface area contributed by atoms with E-state index in [4.69, 9.17) is 4.52 Å². The van der Waals surface area contributed by atoms with Gasteiger partial charge in [-0.3, -0.25) is 14.3 Å². The summed E-state index contributed by atoms with van der Waals surface area (Å²) >= 11 is 0. The Morgan fingerprint density at radius 3 is 2.81 bits per heavy atom. The number of hydrogen-bond donors (Lipinski definition) is 1. The molecule has 21 heavy (non-hydrogen) atoms. The van der Waals surface area contributed by atoms with Gasteiger partial charge in [0, 0.05) is 13.0 Å². The van der Waals surface area contributed by atoms with Gasteiger partial charge in [0.2, 0.25) is 5.89 Å². The maximum Gasteiger partial charge on any atom is 0.329 e. The predicted octanol–water partition coefficient (Wildman–Crippen LogP) is -0.0220. The fraction of sp³-hybridized carbons (Fsp3) is 0.417. The minimum Gasteiger partial charge on any atom is -0.339 e. The Morgan fingerprint density at radius 1 is 1.38 bits per heavy atom. The van der Waals surface area contributed by atoms with Gasteiger partial charge in [-0.2, -0.15) is 4.98 Å². The topological polar surface area (TPSA) is 112 Å². The van der Waals surface area contributed by atoms with Crippen LogP contribution in [-0.2, 0) is 13.6 Å². The molecule has 0 atom stereocenters. The maximum atomic E-state index is 11.9. The Morgan fingerprint density at radius 2 is 2.14 bits per heavy atom. The van der Waals surface area contributed by atoms with Gasteiger partial charge in [-0.15, -0.1) is 0 Å². The van der Waals surface area contributed by atoms with E-state index < -0.39 is 11.2 Å². The average Bonchev–Trinajstić information content (AvgIpc) is 3.04. The molecule has 0 aliphatic carbocycles. The molecule has 0 fully saturated rings. The fourth-order valence-electron chi connectivity index (χ4n) is 2.02. The van der Waals surface area contributed by atoms with Crippen LogP contribution in [0, 0.1) is 0 Å². The summed E-state index contributed by atoms with van der Waals surface area (Å²) in [6.07, 6.45) is 1.48. The molecule has 3 aromatic heterocycles. The van der Waals surface area contributed by atoms with Crippen LogP contribution < -0.4 is 11.2 Å². The molecule has 0 amide bonds. The molecule has 9 nitrogen and oxygen atoms in total. The van der Waals surface area contributed by atoms with Gasteiger partial charge in [-0.05, 0) is 0 Å². The van der Waals surface area contributed by atoms with E-state index in [-0.39, 0.29) is 12.5 Å². The van der Waals surface area contributed by atoms with E-state index >= 15 is 0 Å². The number of aryl methyl sites for hydroxylation is 1. The van der Waals surface area contributed by atoms with Crippen LogP contribution in [0.1, 0.15) is 31.5 Å². The monoisotopic (exact) mass is 290 g/mol. The second-order valence-electron chi connectivity index (χ2n) is 5.07. The van der Waals surface area contributed by atoms with Crippen molar-refractivity contribution in [1.82, 2.24) is 29.2 Å². The van der Waals surface area contributed by atoms with E-state index in [0.29, 0.717) is 22.9 Å². The molecule has 0 saturated carbocycles. The third kappa shape index (κ3) is 2.16. The second-order valence-corrected chi connectivity index (χ2v) is 5.07. The second kappa shape index (κ2) is 4.69. The maximum absolute atomic E-state index is 11.9. The molecule has 9 heteroatoms. The molecule has 0 bridgehead atoms. The van der Waals surface area contributed by atoms with Crippen molar-refractivity contribution in [3.8, 4) is 0 Å². The lowest BCUT2D eigenvalue weighted by molar-refractivity contribution is 0.360. The first-order valence-corrected chi connectivity index (χ1v) is 6.44. The number of fused-ring (bicyclic) bond motifs is 1. The summed E-state index contributed by atoms with van der Waals surface area (Å²) in [5, 5.41) is 3.87. The highest BCUT2D eigenvalue weighted by atomic mass is 16.5. The number of aromatic amines is 1. The van der Waals surface area contributed by atoms with E-state index in [1.54, 1.807) is 11.6 Å². The zero-order valence-electron chi connectivity index (χ0n) is 11.8. The Bertz CT molecular complexity index is 913. The standard InChI is InChI=1S/C12H14N6O3/c1-6(2)11-14-7(16-21-11)4-18-5-13-9-8(18)10(19)15-12(20)17(9)3/h5-6H,4H2,1-3H3,(H,15,19,20). The van der Waals surface area contributed by atoms with Gasteiger partial charge < -0.3 is 9.09 Å². The molecule has 3 rings (SSSR count). The number of hydrogen-bond acceptors (Lipinski definition) is 6. The Balaban J connectivity index is 2.07. The Hall–Kier alpha value is -2.71. The Labute approximate surface area is 118 Å². The molecular weight excluding hydrogens is 276 g/mol. The largest absolute Gasteiger partial charge is 0.339 e. The van der Waals surface area contributed by atoms with Gasteiger partial charge in [0.15, 0.2) is 17.0 Å². The van der Waals surface area contributed by atoms with Gasteiger partial charge >= 0.3 is 5.69 Å². The number of aromatic nitrogens is 6. The van der Waals surface area contributed by atoms with E-state index in [9.17, 15) is 9.59 Å². The molecule has 1 N–H and O–H groups in total. The fourth-order valence-corrected chi connectivity index (χ4v) is 2.02. The van der Waals surface area contributed by atoms with Crippen molar-refractivity contribution in [2.24, 2.45) is 7.05 Å². The van der Waals surface area contributed by atoms with E-state index in [2.05, 4.69) is 20.1 Å². The summed E-state index contributed by atoms with van der Waals surface area (Å²) in [7, 11) is 1.54. The highest BCUT2D eigenvalue weighted by molar-refractivity contribution is 5.69. The van der Waals surface area contributed by atoms with Crippen molar-refractivity contribution in [2.45, 2.75) is 26.3 Å². The van der Waals surface area contributed by atoms with Gasteiger partial charge in [0.25, 0.3) is 5.56 Å². The SMILES string of the molecule is CC(C)c1nc(Cn2cnc3c2c(=O)[nH]c(=O)n3C)no1. The van der Waals surface area contributed by atoms with E-state index in [1.807, 2.05) is 13.8 Å². The highest BCUT2D eigenvalue weighted by Crippen LogP contribution is 2.12. The van der Waals surface area contributed by atoms with Gasteiger partial charge in [-0.25, -0.2) is 9.78 Å². The van der Waals surface area contributed by atoms with Gasteiger partial charge in [0.1, 0.15) is 0 Å². The van der Waals surface area contributed by atoms with Crippen LogP contribution >= 0.6 is 0 Å². The minimum atomic E-state index is -0.501. The first-order valence-electron chi connectivity index (χ1n) is 6.44. The van der Waals surface area contributed by atoms with Crippen molar-refractivity contribution in [3.63, 3.8) is 0 Å². The van der Waals surface area contributed by atoms with Crippen molar-refractivity contribution in [1.29, 1.82) is 0 Å². The molecule has 0 radical (unpaired) electrons. The smallest absolute Gasteiger partial charge is 0.329 e. The lowest BCUT2D eigenvalue weighted by atomic mass is 10.2. The third-order valence-corrected chi connectivity index (χ3v) is 3.17. The third-order valence-electron chi connectivity index (χ3n) is 3.17. The summed E-state index contributed by atoms with van der Waals surface area (Å²) in [6.45, 7) is 4.14. The molecule has 0 saturated heterocycles. The normalized spacial score (nSPS) is 11.6. The predicted molar refractivity (Wildman–Crippen MR) is 73.1 cm³/mol. The molecule has 3 aromatic rings. The number of nitrogens with one attached hydrogen (secondary N) is 1. The van der Waals surface area contributed by atoms with Crippen LogP contribution in [0.15, 0.2) is 20.4 Å². The van der Waals surface area contributed by atoms with Crippen LogP contribution in [0.3, 0.4) is 0 Å². The minimum absolute atomic E-state index is 0.134. The van der Waals surface area contributed by atoms with Crippen LogP contribution in [-0.4, -0.2) is 29.2 Å². The lowest BCUT2D eigenvalue weighted by Crippen LogP contribution is -2.29. The Kier molecular flexibility index (Phi) is 2.96. The summed E-state index contributed by atoms with van der Waals surface area (Å²) in [6, 6.07) is 0. The molecule has 0 aliphatic rings. The van der Waals surface area contributed by atoms with Crippen LogP contribution in [0.4, 0.5) is 0 Å². The highest BCUT2D eigenvalue weighted by Gasteiger charge is 2.15. The zero-order valence-corrected chi connectivity index (χ0v) is 11.8. The van der Waals surface area contributed by atoms with Crippen molar-refractivity contribution < 1.29 is 4.52 Å². The van der Waals surface area contributed by atoms with Crippen LogP contribution in [0.5, 0.6) is 0 Å². The first kappa shape index (κ1) is 13.3. The summed E-state index contributed by atoms with van der Waals surface area (Å²) in [4.78, 5) is 34.1. The van der Waals surface area contributed by atoms with Crippen LogP contribution in [0.2, 0.25) is 0 Å². The number of rotatable bonds is 3. The lowest BCUT2D eigenvalue weighted by Gasteiger charge is -2.01. The quantitative estimate of drug-likeness (QED) is 0.725. The molecule has 0 unspecified atom stereocenters.